The minimum Gasteiger partial charge on any atom is -0.375 e. The van der Waals surface area contributed by atoms with Gasteiger partial charge in [-0.3, -0.25) is 20.4 Å². The number of nitrogens with two attached hydrogens (primary N) is 1. The van der Waals surface area contributed by atoms with Gasteiger partial charge in [0.1, 0.15) is 6.54 Å². The Morgan fingerprint density at radius 3 is 2.65 bits per heavy atom. The van der Waals surface area contributed by atoms with Gasteiger partial charge in [-0.1, -0.05) is 18.2 Å². The van der Waals surface area contributed by atoms with Crippen LogP contribution in [-0.4, -0.2) is 20.8 Å². The number of nitrogens with one attached hydrogen (secondary N) is 2. The van der Waals surface area contributed by atoms with Gasteiger partial charge >= 0.3 is 0 Å². The van der Waals surface area contributed by atoms with Gasteiger partial charge in [-0.2, -0.15) is 5.10 Å². The van der Waals surface area contributed by atoms with Gasteiger partial charge in [0.2, 0.25) is 0 Å². The van der Waals surface area contributed by atoms with Crippen molar-refractivity contribution in [2.45, 2.75) is 13.5 Å². The van der Waals surface area contributed by atoms with Crippen molar-refractivity contribution in [3.05, 3.63) is 40.3 Å². The zero-order valence-corrected chi connectivity index (χ0v) is 11.5. The molecule has 2 aromatic rings. The number of hydrazine groups is 1. The first-order valence-electron chi connectivity index (χ1n) is 5.80. The van der Waals surface area contributed by atoms with Crippen LogP contribution in [0.2, 0.25) is 0 Å². The van der Waals surface area contributed by atoms with Crippen LogP contribution in [0.1, 0.15) is 5.69 Å². The van der Waals surface area contributed by atoms with Gasteiger partial charge in [-0.15, -0.1) is 0 Å². The molecule has 0 aliphatic heterocycles. The number of hydrogen-bond acceptors (Lipinski definition) is 4. The maximum atomic E-state index is 12.2. The lowest BCUT2D eigenvalue weighted by atomic mass is 10.1. The van der Waals surface area contributed by atoms with Gasteiger partial charge in [0, 0.05) is 5.39 Å². The Kier molecular flexibility index (Phi) is 3.94. The summed E-state index contributed by atoms with van der Waals surface area (Å²) in [5.74, 6) is -0.470. The quantitative estimate of drug-likeness (QED) is 0.512. The number of benzene rings is 1. The molecular formula is C12H13N5O2S. The molecule has 4 N–H and O–H groups in total. The monoisotopic (exact) mass is 291 g/mol. The normalized spacial score (nSPS) is 10.2. The summed E-state index contributed by atoms with van der Waals surface area (Å²) in [5.41, 5.74) is 10.1. The van der Waals surface area contributed by atoms with Crippen LogP contribution in [0, 0.1) is 6.92 Å². The Bertz CT molecular complexity index is 740. The molecular weight excluding hydrogens is 278 g/mol. The number of thiocarbonyl (C=S) groups is 1. The third-order valence-corrected chi connectivity index (χ3v) is 2.77. The molecule has 0 aliphatic rings. The molecule has 0 unspecified atom stereocenters. The summed E-state index contributed by atoms with van der Waals surface area (Å²) in [6.07, 6.45) is 0. The molecule has 1 aromatic heterocycles. The minimum absolute atomic E-state index is 0.0617. The molecule has 20 heavy (non-hydrogen) atoms. The molecule has 1 aromatic carbocycles. The molecule has 1 amide bonds. The van der Waals surface area contributed by atoms with E-state index in [1.54, 1.807) is 19.1 Å². The highest BCUT2D eigenvalue weighted by molar-refractivity contribution is 7.80. The van der Waals surface area contributed by atoms with Gasteiger partial charge in [0.25, 0.3) is 11.5 Å². The second kappa shape index (κ2) is 5.66. The highest BCUT2D eigenvalue weighted by Crippen LogP contribution is 2.11. The molecule has 0 radical (unpaired) electrons. The lowest BCUT2D eigenvalue weighted by Gasteiger charge is -2.09. The van der Waals surface area contributed by atoms with Crippen LogP contribution < -0.4 is 22.1 Å². The van der Waals surface area contributed by atoms with E-state index < -0.39 is 5.91 Å². The topological polar surface area (TPSA) is 102 Å². The fourth-order valence-corrected chi connectivity index (χ4v) is 1.87. The van der Waals surface area contributed by atoms with Crippen LogP contribution >= 0.6 is 12.2 Å². The molecule has 7 nitrogen and oxygen atoms in total. The predicted molar refractivity (Wildman–Crippen MR) is 78.8 cm³/mol. The lowest BCUT2D eigenvalue weighted by Crippen LogP contribution is -2.46. The van der Waals surface area contributed by atoms with Crippen molar-refractivity contribution in [3.8, 4) is 0 Å². The van der Waals surface area contributed by atoms with E-state index in [0.717, 1.165) is 10.1 Å². The minimum atomic E-state index is -0.470. The number of aryl methyl sites for hydroxylation is 1. The number of nitrogens with zero attached hydrogens (tertiary/aromatic N) is 2. The second-order valence-corrected chi connectivity index (χ2v) is 4.57. The van der Waals surface area contributed by atoms with E-state index in [2.05, 4.69) is 28.2 Å². The van der Waals surface area contributed by atoms with E-state index in [1.807, 2.05) is 12.1 Å². The van der Waals surface area contributed by atoms with Gasteiger partial charge in [0.05, 0.1) is 11.1 Å². The summed E-state index contributed by atoms with van der Waals surface area (Å²) < 4.78 is 1.11. The average molecular weight is 291 g/mol. The highest BCUT2D eigenvalue weighted by atomic mass is 32.1. The van der Waals surface area contributed by atoms with Crippen molar-refractivity contribution >= 4 is 34.0 Å². The van der Waals surface area contributed by atoms with Gasteiger partial charge < -0.3 is 5.73 Å². The van der Waals surface area contributed by atoms with E-state index in [1.165, 1.54) is 0 Å². The van der Waals surface area contributed by atoms with Crippen LogP contribution in [0.3, 0.4) is 0 Å². The lowest BCUT2D eigenvalue weighted by molar-refractivity contribution is -0.122. The van der Waals surface area contributed by atoms with Gasteiger partial charge in [0.15, 0.2) is 5.11 Å². The van der Waals surface area contributed by atoms with E-state index in [9.17, 15) is 9.59 Å². The number of aromatic nitrogens is 2. The first-order chi connectivity index (χ1) is 9.49. The second-order valence-electron chi connectivity index (χ2n) is 4.13. The molecule has 8 heteroatoms. The number of carbonyl (C=O) groups excluding carboxylic acids is 1. The van der Waals surface area contributed by atoms with E-state index >= 15 is 0 Å². The molecule has 0 bridgehead atoms. The average Bonchev–Trinajstić information content (AvgIpc) is 2.42. The molecule has 0 saturated carbocycles. The predicted octanol–water partition coefficient (Wildman–Crippen LogP) is -0.431. The first kappa shape index (κ1) is 13.9. The van der Waals surface area contributed by atoms with E-state index in [0.29, 0.717) is 11.1 Å². The van der Waals surface area contributed by atoms with Crippen molar-refractivity contribution in [2.24, 2.45) is 5.73 Å². The largest absolute Gasteiger partial charge is 0.375 e. The number of fused-ring (bicyclic) bond motifs is 1. The van der Waals surface area contributed by atoms with Crippen molar-refractivity contribution in [1.82, 2.24) is 20.6 Å². The maximum absolute atomic E-state index is 12.2. The van der Waals surface area contributed by atoms with Crippen LogP contribution in [0.25, 0.3) is 10.8 Å². The van der Waals surface area contributed by atoms with Gasteiger partial charge in [-0.05, 0) is 25.2 Å². The molecule has 2 rings (SSSR count). The summed E-state index contributed by atoms with van der Waals surface area (Å²) >= 11 is 4.56. The standard InChI is InChI=1S/C12H13N5O2S/c1-7-8-4-2-3-5-9(8)11(19)17(16-7)6-10(18)14-15-12(13)20/h2-5H,6H2,1H3,(H,14,18)(H3,13,15,20). The Morgan fingerprint density at radius 1 is 1.35 bits per heavy atom. The van der Waals surface area contributed by atoms with Crippen LogP contribution in [0.15, 0.2) is 29.1 Å². The SMILES string of the molecule is Cc1nn(CC(=O)NNC(N)=S)c(=O)c2ccccc12. The summed E-state index contributed by atoms with van der Waals surface area (Å²) in [5, 5.41) is 5.35. The fourth-order valence-electron chi connectivity index (χ4n) is 1.82. The summed E-state index contributed by atoms with van der Waals surface area (Å²) in [6.45, 7) is 1.56. The van der Waals surface area contributed by atoms with Gasteiger partial charge in [-0.25, -0.2) is 4.68 Å². The Balaban J connectivity index is 2.31. The van der Waals surface area contributed by atoms with E-state index in [-0.39, 0.29) is 17.2 Å². The van der Waals surface area contributed by atoms with Crippen molar-refractivity contribution in [1.29, 1.82) is 0 Å². The van der Waals surface area contributed by atoms with Crippen LogP contribution in [0.5, 0.6) is 0 Å². The smallest absolute Gasteiger partial charge is 0.275 e. The maximum Gasteiger partial charge on any atom is 0.275 e. The van der Waals surface area contributed by atoms with Crippen LogP contribution in [0.4, 0.5) is 0 Å². The molecule has 0 spiro atoms. The molecule has 0 atom stereocenters. The summed E-state index contributed by atoms with van der Waals surface area (Å²) in [7, 11) is 0. The third kappa shape index (κ3) is 2.91. The van der Waals surface area contributed by atoms with Crippen molar-refractivity contribution < 1.29 is 4.79 Å². The molecule has 104 valence electrons. The number of hydrogen-bond donors (Lipinski definition) is 3. The third-order valence-electron chi connectivity index (χ3n) is 2.67. The molecule has 0 aliphatic carbocycles. The first-order valence-corrected chi connectivity index (χ1v) is 6.20. The Morgan fingerprint density at radius 2 is 2.00 bits per heavy atom. The van der Waals surface area contributed by atoms with Crippen molar-refractivity contribution in [2.75, 3.05) is 0 Å². The Labute approximate surface area is 119 Å². The molecule has 0 fully saturated rings. The zero-order chi connectivity index (χ0) is 14.7. The number of rotatable bonds is 2. The molecule has 0 saturated heterocycles. The Hall–Kier alpha value is -2.48. The van der Waals surface area contributed by atoms with Crippen molar-refractivity contribution in [3.63, 3.8) is 0 Å². The van der Waals surface area contributed by atoms with Crippen LogP contribution in [-0.2, 0) is 11.3 Å². The number of carbonyl (C=O) groups is 1. The summed E-state index contributed by atoms with van der Waals surface area (Å²) in [4.78, 5) is 23.8. The van der Waals surface area contributed by atoms with E-state index in [4.69, 9.17) is 5.73 Å². The fraction of sp³-hybridized carbons (Fsp3) is 0.167. The summed E-state index contributed by atoms with van der Waals surface area (Å²) in [6, 6.07) is 7.12. The molecule has 1 heterocycles. The number of amides is 1. The highest BCUT2D eigenvalue weighted by Gasteiger charge is 2.10. The zero-order valence-electron chi connectivity index (χ0n) is 10.7.